The molecule has 9 nitrogen and oxygen atoms in total. The fourth-order valence-electron chi connectivity index (χ4n) is 2.77. The monoisotopic (exact) mass is 404 g/mol. The molecule has 0 fully saturated rings. The van der Waals surface area contributed by atoms with Gasteiger partial charge < -0.3 is 9.15 Å². The van der Waals surface area contributed by atoms with Gasteiger partial charge in [-0.05, 0) is 30.3 Å². The first-order valence-electron chi connectivity index (χ1n) is 8.96. The Labute approximate surface area is 169 Å². The Bertz CT molecular complexity index is 1260. The molecule has 0 unspecified atom stereocenters. The number of nitrogens with one attached hydrogen (secondary N) is 3. The van der Waals surface area contributed by atoms with Crippen molar-refractivity contribution < 1.29 is 18.7 Å². The molecule has 4 aromatic rings. The van der Waals surface area contributed by atoms with Crippen LogP contribution in [0.1, 0.15) is 26.8 Å². The summed E-state index contributed by atoms with van der Waals surface area (Å²) in [6.07, 6.45) is 0. The number of nitrogens with zero attached hydrogens (tertiary/aromatic N) is 1. The van der Waals surface area contributed by atoms with E-state index in [0.717, 1.165) is 0 Å². The number of carbonyl (C=O) groups excluding carboxylic acids is 2. The fourth-order valence-corrected chi connectivity index (χ4v) is 2.77. The third kappa shape index (κ3) is 4.04. The van der Waals surface area contributed by atoms with Crippen molar-refractivity contribution in [3.05, 3.63) is 94.3 Å². The van der Waals surface area contributed by atoms with Crippen molar-refractivity contribution in [3.8, 4) is 5.75 Å². The molecule has 150 valence electrons. The van der Waals surface area contributed by atoms with Crippen molar-refractivity contribution in [1.29, 1.82) is 0 Å². The molecule has 2 heterocycles. The van der Waals surface area contributed by atoms with E-state index in [2.05, 4.69) is 21.0 Å². The average Bonchev–Trinajstić information content (AvgIpc) is 3.26. The topological polar surface area (TPSA) is 126 Å². The van der Waals surface area contributed by atoms with Gasteiger partial charge in [0.25, 0.3) is 11.5 Å². The minimum atomic E-state index is -0.685. The van der Waals surface area contributed by atoms with E-state index in [1.165, 1.54) is 6.07 Å². The zero-order valence-corrected chi connectivity index (χ0v) is 15.5. The van der Waals surface area contributed by atoms with Crippen LogP contribution in [-0.2, 0) is 6.61 Å². The van der Waals surface area contributed by atoms with E-state index >= 15 is 0 Å². The highest BCUT2D eigenvalue weighted by Crippen LogP contribution is 2.14. The van der Waals surface area contributed by atoms with Gasteiger partial charge in [-0.2, -0.15) is 5.10 Å². The molecule has 0 aliphatic heterocycles. The zero-order valence-electron chi connectivity index (χ0n) is 15.5. The molecule has 0 saturated heterocycles. The van der Waals surface area contributed by atoms with Gasteiger partial charge in [0.1, 0.15) is 18.1 Å². The van der Waals surface area contributed by atoms with E-state index in [9.17, 15) is 14.4 Å². The Morgan fingerprint density at radius 2 is 1.60 bits per heavy atom. The van der Waals surface area contributed by atoms with Crippen molar-refractivity contribution in [2.24, 2.45) is 0 Å². The molecule has 0 bridgehead atoms. The first-order chi connectivity index (χ1) is 14.6. The maximum atomic E-state index is 12.4. The minimum Gasteiger partial charge on any atom is -0.486 e. The number of fused-ring (bicyclic) bond motifs is 1. The van der Waals surface area contributed by atoms with Gasteiger partial charge in [0.15, 0.2) is 11.5 Å². The molecule has 9 heteroatoms. The van der Waals surface area contributed by atoms with Crippen LogP contribution in [0.2, 0.25) is 0 Å². The van der Waals surface area contributed by atoms with Gasteiger partial charge in [-0.25, -0.2) is 5.10 Å². The molecule has 2 aromatic carbocycles. The van der Waals surface area contributed by atoms with Gasteiger partial charge in [0, 0.05) is 5.39 Å². The molecule has 4 rings (SSSR count). The SMILES string of the molecule is O=C(NNC(=O)c1n[nH]c(=O)c2ccccc12)c1ccc(COc2ccccc2)o1. The average molecular weight is 404 g/mol. The Morgan fingerprint density at radius 1 is 0.900 bits per heavy atom. The number of hydrogen-bond donors (Lipinski definition) is 3. The van der Waals surface area contributed by atoms with Crippen LogP contribution in [-0.4, -0.2) is 22.0 Å². The summed E-state index contributed by atoms with van der Waals surface area (Å²) < 4.78 is 11.0. The van der Waals surface area contributed by atoms with Crippen molar-refractivity contribution in [2.75, 3.05) is 0 Å². The molecule has 0 atom stereocenters. The molecule has 2 amide bonds. The lowest BCUT2D eigenvalue weighted by molar-refractivity contribution is 0.0826. The molecule has 0 aliphatic carbocycles. The molecule has 0 saturated carbocycles. The number of benzene rings is 2. The smallest absolute Gasteiger partial charge is 0.305 e. The molecular weight excluding hydrogens is 388 g/mol. The molecular formula is C21H16N4O5. The quantitative estimate of drug-likeness (QED) is 0.438. The summed E-state index contributed by atoms with van der Waals surface area (Å²) in [4.78, 5) is 36.5. The summed E-state index contributed by atoms with van der Waals surface area (Å²) in [5, 5.41) is 6.72. The number of amides is 2. The van der Waals surface area contributed by atoms with E-state index < -0.39 is 17.4 Å². The van der Waals surface area contributed by atoms with E-state index in [0.29, 0.717) is 22.3 Å². The van der Waals surface area contributed by atoms with Crippen molar-refractivity contribution >= 4 is 22.6 Å². The van der Waals surface area contributed by atoms with Gasteiger partial charge >= 0.3 is 5.91 Å². The van der Waals surface area contributed by atoms with E-state index in [-0.39, 0.29) is 18.1 Å². The van der Waals surface area contributed by atoms with Crippen molar-refractivity contribution in [1.82, 2.24) is 21.0 Å². The zero-order chi connectivity index (χ0) is 20.9. The summed E-state index contributed by atoms with van der Waals surface area (Å²) in [6.45, 7) is 0.150. The van der Waals surface area contributed by atoms with Gasteiger partial charge in [-0.1, -0.05) is 36.4 Å². The molecule has 3 N–H and O–H groups in total. The maximum Gasteiger partial charge on any atom is 0.305 e. The summed E-state index contributed by atoms with van der Waals surface area (Å²) >= 11 is 0. The predicted octanol–water partition coefficient (Wildman–Crippen LogP) is 2.17. The maximum absolute atomic E-state index is 12.4. The minimum absolute atomic E-state index is 0.00116. The van der Waals surface area contributed by atoms with E-state index in [1.54, 1.807) is 42.5 Å². The van der Waals surface area contributed by atoms with Crippen LogP contribution < -0.4 is 21.1 Å². The number of rotatable bonds is 5. The lowest BCUT2D eigenvalue weighted by atomic mass is 10.1. The van der Waals surface area contributed by atoms with Crippen LogP contribution in [0.5, 0.6) is 5.75 Å². The van der Waals surface area contributed by atoms with E-state index in [1.807, 2.05) is 18.2 Å². The number of aromatic amines is 1. The van der Waals surface area contributed by atoms with Crippen LogP contribution in [0, 0.1) is 0 Å². The van der Waals surface area contributed by atoms with Crippen LogP contribution in [0.3, 0.4) is 0 Å². The highest BCUT2D eigenvalue weighted by atomic mass is 16.5. The third-order valence-corrected chi connectivity index (χ3v) is 4.21. The second-order valence-electron chi connectivity index (χ2n) is 6.22. The van der Waals surface area contributed by atoms with E-state index in [4.69, 9.17) is 9.15 Å². The normalized spacial score (nSPS) is 10.5. The highest BCUT2D eigenvalue weighted by molar-refractivity contribution is 6.05. The van der Waals surface area contributed by atoms with Gasteiger partial charge in [0.05, 0.1) is 5.39 Å². The second kappa shape index (κ2) is 8.31. The van der Waals surface area contributed by atoms with Crippen LogP contribution in [0.25, 0.3) is 10.8 Å². The number of aromatic nitrogens is 2. The molecule has 0 spiro atoms. The number of hydrogen-bond acceptors (Lipinski definition) is 6. The third-order valence-electron chi connectivity index (χ3n) is 4.21. The second-order valence-corrected chi connectivity index (χ2v) is 6.22. The number of hydrazine groups is 1. The molecule has 30 heavy (non-hydrogen) atoms. The van der Waals surface area contributed by atoms with Crippen LogP contribution in [0.15, 0.2) is 75.9 Å². The lowest BCUT2D eigenvalue weighted by Gasteiger charge is -2.07. The molecule has 0 aliphatic rings. The summed E-state index contributed by atoms with van der Waals surface area (Å²) in [5.41, 5.74) is 4.08. The lowest BCUT2D eigenvalue weighted by Crippen LogP contribution is -2.42. The molecule has 0 radical (unpaired) electrons. The number of carbonyl (C=O) groups is 2. The Kier molecular flexibility index (Phi) is 5.25. The van der Waals surface area contributed by atoms with Crippen molar-refractivity contribution in [3.63, 3.8) is 0 Å². The largest absolute Gasteiger partial charge is 0.486 e. The van der Waals surface area contributed by atoms with Crippen LogP contribution in [0.4, 0.5) is 0 Å². The van der Waals surface area contributed by atoms with Crippen LogP contribution >= 0.6 is 0 Å². The standard InChI is InChI=1S/C21H16N4O5/c26-19-16-9-5-4-8-15(16)18(22-23-19)21(28)25-24-20(27)17-11-10-14(30-17)12-29-13-6-2-1-3-7-13/h1-11H,12H2,(H,23,26)(H,24,27)(H,25,28). The first-order valence-corrected chi connectivity index (χ1v) is 8.96. The number of furan rings is 1. The summed E-state index contributed by atoms with van der Waals surface area (Å²) in [5.74, 6) is -0.212. The van der Waals surface area contributed by atoms with Gasteiger partial charge in [-0.15, -0.1) is 0 Å². The summed E-state index contributed by atoms with van der Waals surface area (Å²) in [7, 11) is 0. The van der Waals surface area contributed by atoms with Gasteiger partial charge in [-0.3, -0.25) is 25.2 Å². The Hall–Kier alpha value is -4.40. The predicted molar refractivity (Wildman–Crippen MR) is 107 cm³/mol. The highest BCUT2D eigenvalue weighted by Gasteiger charge is 2.16. The Balaban J connectivity index is 1.38. The first kappa shape index (κ1) is 18.9. The molecule has 2 aromatic heterocycles. The summed E-state index contributed by atoms with van der Waals surface area (Å²) in [6, 6.07) is 18.8. The van der Waals surface area contributed by atoms with Crippen molar-refractivity contribution in [2.45, 2.75) is 6.61 Å². The van der Waals surface area contributed by atoms with Gasteiger partial charge in [0.2, 0.25) is 0 Å². The number of ether oxygens (including phenoxy) is 1. The fraction of sp³-hybridized carbons (Fsp3) is 0.0476. The number of para-hydroxylation sites is 1. The number of H-pyrrole nitrogens is 1. The Morgan fingerprint density at radius 3 is 2.40 bits per heavy atom.